The highest BCUT2D eigenvalue weighted by Crippen LogP contribution is 2.32. The van der Waals surface area contributed by atoms with Gasteiger partial charge in [0.15, 0.2) is 0 Å². The summed E-state index contributed by atoms with van der Waals surface area (Å²) >= 11 is 0. The minimum atomic E-state index is -4.41. The van der Waals surface area contributed by atoms with Crippen LogP contribution in [-0.4, -0.2) is 47.7 Å². The maximum atomic E-state index is 13.0. The van der Waals surface area contributed by atoms with Crippen LogP contribution in [0.3, 0.4) is 0 Å². The van der Waals surface area contributed by atoms with Gasteiger partial charge in [0.25, 0.3) is 0 Å². The molecule has 2 aromatic heterocycles. The second-order valence-corrected chi connectivity index (χ2v) is 8.98. The number of rotatable bonds is 6. The summed E-state index contributed by atoms with van der Waals surface area (Å²) in [5, 5.41) is 0. The fraction of sp³-hybridized carbons (Fsp3) is 0.296. The molecule has 192 valence electrons. The lowest BCUT2D eigenvalue weighted by molar-refractivity contribution is -0.137. The maximum Gasteiger partial charge on any atom is 0.416 e. The first-order valence-corrected chi connectivity index (χ1v) is 11.9. The van der Waals surface area contributed by atoms with Gasteiger partial charge in [-0.3, -0.25) is 0 Å². The van der Waals surface area contributed by atoms with E-state index in [9.17, 15) is 18.0 Å². The first-order valence-electron chi connectivity index (χ1n) is 11.9. The molecular weight excluding hydrogens is 485 g/mol. The number of fused-ring (bicyclic) bond motifs is 1. The standard InChI is InChI=1S/C27H25F3N4O3/c1-36-26(35)18-3-2-4-21(13-18)37-16-17-9-11-34(12-10-17)24-8-5-19(15-31-24)25-32-22-7-6-20(27(28,29)30)14-23(22)33-25/h2-8,13-15,17H,9-12,16H2,1H3,(H,32,33). The van der Waals surface area contributed by atoms with Crippen LogP contribution < -0.4 is 9.64 Å². The summed E-state index contributed by atoms with van der Waals surface area (Å²) in [6.07, 6.45) is -0.858. The van der Waals surface area contributed by atoms with E-state index in [1.807, 2.05) is 18.2 Å². The summed E-state index contributed by atoms with van der Waals surface area (Å²) in [4.78, 5) is 25.9. The SMILES string of the molecule is COC(=O)c1cccc(OCC2CCN(c3ccc(-c4nc5cc(C(F)(F)F)ccc5[nH]4)cn3)CC2)c1. The van der Waals surface area contributed by atoms with Crippen molar-refractivity contribution < 1.29 is 27.4 Å². The predicted molar refractivity (Wildman–Crippen MR) is 133 cm³/mol. The number of carbonyl (C=O) groups excluding carboxylic acids is 1. The Morgan fingerprint density at radius 2 is 1.92 bits per heavy atom. The number of carbonyl (C=O) groups is 1. The Hall–Kier alpha value is -4.08. The van der Waals surface area contributed by atoms with Gasteiger partial charge in [0.1, 0.15) is 17.4 Å². The third-order valence-corrected chi connectivity index (χ3v) is 6.51. The lowest BCUT2D eigenvalue weighted by Gasteiger charge is -2.32. The fourth-order valence-corrected chi connectivity index (χ4v) is 4.41. The highest BCUT2D eigenvalue weighted by molar-refractivity contribution is 5.89. The number of benzene rings is 2. The van der Waals surface area contributed by atoms with Gasteiger partial charge in [-0.2, -0.15) is 13.2 Å². The number of hydrogen-bond donors (Lipinski definition) is 1. The molecule has 1 aliphatic rings. The Labute approximate surface area is 211 Å². The number of nitrogens with one attached hydrogen (secondary N) is 1. The average molecular weight is 511 g/mol. The van der Waals surface area contributed by atoms with Crippen LogP contribution in [0.4, 0.5) is 19.0 Å². The smallest absolute Gasteiger partial charge is 0.416 e. The van der Waals surface area contributed by atoms with Gasteiger partial charge in [-0.1, -0.05) is 6.07 Å². The van der Waals surface area contributed by atoms with Crippen LogP contribution in [0.15, 0.2) is 60.8 Å². The largest absolute Gasteiger partial charge is 0.493 e. The van der Waals surface area contributed by atoms with Gasteiger partial charge in [0.05, 0.1) is 35.9 Å². The molecule has 37 heavy (non-hydrogen) atoms. The van der Waals surface area contributed by atoms with E-state index in [0.29, 0.717) is 40.7 Å². The van der Waals surface area contributed by atoms with Gasteiger partial charge in [0, 0.05) is 24.8 Å². The molecule has 7 nitrogen and oxygen atoms in total. The molecule has 4 aromatic rings. The van der Waals surface area contributed by atoms with Gasteiger partial charge in [-0.25, -0.2) is 14.8 Å². The van der Waals surface area contributed by atoms with E-state index in [1.165, 1.54) is 13.2 Å². The van der Waals surface area contributed by atoms with Gasteiger partial charge >= 0.3 is 12.1 Å². The van der Waals surface area contributed by atoms with Crippen molar-refractivity contribution in [2.75, 3.05) is 31.7 Å². The molecule has 0 amide bonds. The number of methoxy groups -OCH3 is 1. The molecule has 0 saturated carbocycles. The van der Waals surface area contributed by atoms with Crippen LogP contribution in [0.5, 0.6) is 5.75 Å². The molecule has 5 rings (SSSR count). The van der Waals surface area contributed by atoms with Crippen LogP contribution in [0.1, 0.15) is 28.8 Å². The van der Waals surface area contributed by atoms with Gasteiger partial charge in [-0.05, 0) is 67.3 Å². The number of imidazole rings is 1. The summed E-state index contributed by atoms with van der Waals surface area (Å²) in [5.74, 6) is 1.94. The van der Waals surface area contributed by atoms with E-state index in [4.69, 9.17) is 9.47 Å². The minimum absolute atomic E-state index is 0.259. The minimum Gasteiger partial charge on any atom is -0.493 e. The molecule has 1 N–H and O–H groups in total. The van der Waals surface area contributed by atoms with E-state index in [0.717, 1.165) is 43.9 Å². The molecule has 0 radical (unpaired) electrons. The number of hydrogen-bond acceptors (Lipinski definition) is 6. The molecule has 0 spiro atoms. The Morgan fingerprint density at radius 1 is 1.11 bits per heavy atom. The number of piperidine rings is 1. The van der Waals surface area contributed by atoms with Crippen molar-refractivity contribution in [3.05, 3.63) is 71.9 Å². The summed E-state index contributed by atoms with van der Waals surface area (Å²) < 4.78 is 49.6. The Morgan fingerprint density at radius 3 is 2.62 bits per heavy atom. The number of aromatic amines is 1. The average Bonchev–Trinajstić information content (AvgIpc) is 3.35. The van der Waals surface area contributed by atoms with E-state index in [1.54, 1.807) is 24.4 Å². The summed E-state index contributed by atoms with van der Waals surface area (Å²) in [5.41, 5.74) is 1.22. The molecular formula is C27H25F3N4O3. The number of aromatic nitrogens is 3. The Bertz CT molecular complexity index is 1390. The Balaban J connectivity index is 1.17. The van der Waals surface area contributed by atoms with E-state index < -0.39 is 17.7 Å². The highest BCUT2D eigenvalue weighted by atomic mass is 19.4. The zero-order valence-electron chi connectivity index (χ0n) is 20.1. The second kappa shape index (κ2) is 10.1. The number of esters is 1. The van der Waals surface area contributed by atoms with Crippen LogP contribution in [0.25, 0.3) is 22.4 Å². The van der Waals surface area contributed by atoms with Crippen LogP contribution in [0, 0.1) is 5.92 Å². The van der Waals surface area contributed by atoms with E-state index in [-0.39, 0.29) is 5.52 Å². The van der Waals surface area contributed by atoms with Crippen LogP contribution >= 0.6 is 0 Å². The zero-order chi connectivity index (χ0) is 26.0. The number of halogens is 3. The first kappa shape index (κ1) is 24.6. The van der Waals surface area contributed by atoms with Crippen molar-refractivity contribution in [1.82, 2.24) is 15.0 Å². The number of H-pyrrole nitrogens is 1. The third-order valence-electron chi connectivity index (χ3n) is 6.51. The molecule has 1 aliphatic heterocycles. The molecule has 10 heteroatoms. The van der Waals surface area contributed by atoms with Crippen molar-refractivity contribution in [3.63, 3.8) is 0 Å². The first-order chi connectivity index (χ1) is 17.8. The molecule has 0 bridgehead atoms. The number of nitrogens with zero attached hydrogens (tertiary/aromatic N) is 3. The fourth-order valence-electron chi connectivity index (χ4n) is 4.41. The number of alkyl halides is 3. The van der Waals surface area contributed by atoms with Crippen LogP contribution in [-0.2, 0) is 10.9 Å². The lowest BCUT2D eigenvalue weighted by Crippen LogP contribution is -2.36. The molecule has 0 unspecified atom stereocenters. The summed E-state index contributed by atoms with van der Waals surface area (Å²) in [6, 6.07) is 14.2. The predicted octanol–water partition coefficient (Wildman–Crippen LogP) is 5.73. The van der Waals surface area contributed by atoms with E-state index >= 15 is 0 Å². The number of anilines is 1. The van der Waals surface area contributed by atoms with Gasteiger partial charge < -0.3 is 19.4 Å². The van der Waals surface area contributed by atoms with Crippen LogP contribution in [0.2, 0.25) is 0 Å². The normalized spacial score (nSPS) is 14.6. The molecule has 0 aliphatic carbocycles. The quantitative estimate of drug-likeness (QED) is 0.334. The third kappa shape index (κ3) is 5.52. The summed E-state index contributed by atoms with van der Waals surface area (Å²) in [7, 11) is 1.35. The molecule has 0 atom stereocenters. The van der Waals surface area contributed by atoms with Crippen molar-refractivity contribution >= 4 is 22.8 Å². The number of pyridine rings is 1. The van der Waals surface area contributed by atoms with E-state index in [2.05, 4.69) is 19.9 Å². The number of ether oxygens (including phenoxy) is 2. The molecule has 1 saturated heterocycles. The van der Waals surface area contributed by atoms with Crippen molar-refractivity contribution in [3.8, 4) is 17.1 Å². The second-order valence-electron chi connectivity index (χ2n) is 8.98. The Kier molecular flexibility index (Phi) is 6.73. The maximum absolute atomic E-state index is 13.0. The zero-order valence-corrected chi connectivity index (χ0v) is 20.1. The van der Waals surface area contributed by atoms with Crippen molar-refractivity contribution in [1.29, 1.82) is 0 Å². The topological polar surface area (TPSA) is 80.3 Å². The molecule has 3 heterocycles. The summed E-state index contributed by atoms with van der Waals surface area (Å²) in [6.45, 7) is 2.22. The van der Waals surface area contributed by atoms with Gasteiger partial charge in [0.2, 0.25) is 0 Å². The molecule has 2 aromatic carbocycles. The molecule has 1 fully saturated rings. The highest BCUT2D eigenvalue weighted by Gasteiger charge is 2.30. The monoisotopic (exact) mass is 510 g/mol. The van der Waals surface area contributed by atoms with Crippen molar-refractivity contribution in [2.24, 2.45) is 5.92 Å². The van der Waals surface area contributed by atoms with Gasteiger partial charge in [-0.15, -0.1) is 0 Å². The van der Waals surface area contributed by atoms with Crippen molar-refractivity contribution in [2.45, 2.75) is 19.0 Å². The lowest BCUT2D eigenvalue weighted by atomic mass is 9.98.